The second kappa shape index (κ2) is 6.40. The van der Waals surface area contributed by atoms with Crippen LogP contribution in [0.2, 0.25) is 5.02 Å². The zero-order chi connectivity index (χ0) is 16.6. The van der Waals surface area contributed by atoms with Gasteiger partial charge in [0.05, 0.1) is 24.8 Å². The molecular weight excluding hydrogens is 342 g/mol. The van der Waals surface area contributed by atoms with Crippen LogP contribution in [0, 0.1) is 0 Å². The molecule has 122 valence electrons. The summed E-state index contributed by atoms with van der Waals surface area (Å²) >= 11 is 3.91. The third-order valence-corrected chi connectivity index (χ3v) is 4.64. The van der Waals surface area contributed by atoms with Crippen molar-refractivity contribution in [2.75, 3.05) is 6.61 Å². The first-order chi connectivity index (χ1) is 11.0. The predicted molar refractivity (Wildman–Crippen MR) is 83.9 cm³/mol. The summed E-state index contributed by atoms with van der Waals surface area (Å²) in [6, 6.07) is 6.91. The Balaban J connectivity index is 1.80. The lowest BCUT2D eigenvalue weighted by Crippen LogP contribution is -2.33. The zero-order valence-electron chi connectivity index (χ0n) is 11.9. The fraction of sp³-hybridized carbons (Fsp3) is 0.286. The minimum atomic E-state index is -2.21. The maximum atomic E-state index is 12.7. The lowest BCUT2D eigenvalue weighted by Gasteiger charge is -2.22. The molecule has 2 aromatic rings. The van der Waals surface area contributed by atoms with Crippen LogP contribution in [0.25, 0.3) is 0 Å². The van der Waals surface area contributed by atoms with Crippen LogP contribution in [0.5, 0.6) is 0 Å². The van der Waals surface area contributed by atoms with Gasteiger partial charge >= 0.3 is 0 Å². The summed E-state index contributed by atoms with van der Waals surface area (Å²) < 4.78 is 20.9. The number of carbonyl (C=O) groups is 1. The van der Waals surface area contributed by atoms with Crippen LogP contribution in [-0.2, 0) is 29.2 Å². The monoisotopic (exact) mass is 355 g/mol. The summed E-state index contributed by atoms with van der Waals surface area (Å²) in [6.45, 7) is 0.170. The fourth-order valence-corrected chi connectivity index (χ4v) is 3.30. The number of aliphatic hydroxyl groups is 1. The molecule has 1 aliphatic rings. The van der Waals surface area contributed by atoms with Gasteiger partial charge in [-0.1, -0.05) is 29.8 Å². The van der Waals surface area contributed by atoms with Crippen molar-refractivity contribution in [2.24, 2.45) is 0 Å². The van der Waals surface area contributed by atoms with Gasteiger partial charge in [-0.25, -0.2) is 4.21 Å². The molecule has 1 unspecified atom stereocenters. The fourth-order valence-electron chi connectivity index (χ4n) is 2.65. The van der Waals surface area contributed by atoms with Gasteiger partial charge in [0, 0.05) is 23.3 Å². The third-order valence-electron chi connectivity index (χ3n) is 3.79. The highest BCUT2D eigenvalue weighted by Crippen LogP contribution is 2.29. The molecule has 9 heteroatoms. The molecule has 0 radical (unpaired) electrons. The van der Waals surface area contributed by atoms with E-state index in [0.29, 0.717) is 16.3 Å². The Labute approximate surface area is 139 Å². The molecule has 2 atom stereocenters. The molecule has 3 rings (SSSR count). The molecule has 1 aliphatic heterocycles. The summed E-state index contributed by atoms with van der Waals surface area (Å²) in [5.41, 5.74) is 1.88. The summed E-state index contributed by atoms with van der Waals surface area (Å²) in [4.78, 5) is 14.2. The lowest BCUT2D eigenvalue weighted by molar-refractivity contribution is -0.134. The molecular formula is C14H14ClN3O4S. The third kappa shape index (κ3) is 3.02. The molecule has 2 heterocycles. The molecule has 0 spiro atoms. The number of aliphatic hydroxyl groups excluding tert-OH is 1. The highest BCUT2D eigenvalue weighted by molar-refractivity contribution is 7.77. The second-order valence-corrected chi connectivity index (χ2v) is 6.43. The number of benzene rings is 1. The van der Waals surface area contributed by atoms with E-state index in [1.807, 2.05) is 0 Å². The Morgan fingerprint density at radius 3 is 2.74 bits per heavy atom. The molecule has 1 amide bonds. The number of hydrogen-bond donors (Lipinski definition) is 2. The Morgan fingerprint density at radius 1 is 1.39 bits per heavy atom. The van der Waals surface area contributed by atoms with Crippen molar-refractivity contribution in [2.45, 2.75) is 19.0 Å². The standard InChI is InChI=1S/C14H14ClN3O4S/c15-12-4-2-1-3-10(12)11(8-19)14(20)17-5-9-6-18(23(21)22)16-13(9)7-17/h1-4,6,11,19H,5,7-8H2,(H,21,22)/t11-/m0/s1. The smallest absolute Gasteiger partial charge is 0.282 e. The van der Waals surface area contributed by atoms with Gasteiger partial charge in [-0.05, 0) is 11.6 Å². The van der Waals surface area contributed by atoms with E-state index in [1.54, 1.807) is 29.2 Å². The van der Waals surface area contributed by atoms with Crippen LogP contribution in [-0.4, -0.2) is 40.5 Å². The van der Waals surface area contributed by atoms with Gasteiger partial charge in [0.1, 0.15) is 0 Å². The number of halogens is 1. The maximum Gasteiger partial charge on any atom is 0.282 e. The van der Waals surface area contributed by atoms with Crippen LogP contribution in [0.3, 0.4) is 0 Å². The number of rotatable bonds is 4. The van der Waals surface area contributed by atoms with E-state index in [0.717, 1.165) is 9.65 Å². The van der Waals surface area contributed by atoms with Crippen molar-refractivity contribution in [3.63, 3.8) is 0 Å². The summed E-state index contributed by atoms with van der Waals surface area (Å²) in [6.07, 6.45) is 1.45. The topological polar surface area (TPSA) is 95.7 Å². The largest absolute Gasteiger partial charge is 0.395 e. The van der Waals surface area contributed by atoms with Crippen molar-refractivity contribution in [3.05, 3.63) is 52.3 Å². The van der Waals surface area contributed by atoms with Gasteiger partial charge in [-0.15, -0.1) is 0 Å². The van der Waals surface area contributed by atoms with Crippen molar-refractivity contribution in [1.82, 2.24) is 14.1 Å². The van der Waals surface area contributed by atoms with E-state index >= 15 is 0 Å². The molecule has 1 aromatic carbocycles. The van der Waals surface area contributed by atoms with Crippen molar-refractivity contribution < 1.29 is 18.7 Å². The van der Waals surface area contributed by atoms with Crippen LogP contribution in [0.1, 0.15) is 22.7 Å². The van der Waals surface area contributed by atoms with E-state index in [9.17, 15) is 14.1 Å². The minimum absolute atomic E-state index is 0.235. The first-order valence-electron chi connectivity index (χ1n) is 6.84. The predicted octanol–water partition coefficient (Wildman–Crippen LogP) is 1.14. The first-order valence-corrected chi connectivity index (χ1v) is 8.28. The molecule has 7 nitrogen and oxygen atoms in total. The number of hydrogen-bond acceptors (Lipinski definition) is 4. The van der Waals surface area contributed by atoms with E-state index in [1.165, 1.54) is 6.20 Å². The van der Waals surface area contributed by atoms with E-state index < -0.39 is 17.2 Å². The summed E-state index contributed by atoms with van der Waals surface area (Å²) in [5, 5.41) is 14.0. The Bertz CT molecular complexity index is 756. The number of carbonyl (C=O) groups excluding carboxylic acids is 1. The Kier molecular flexibility index (Phi) is 4.49. The van der Waals surface area contributed by atoms with Gasteiger partial charge in [-0.3, -0.25) is 9.35 Å². The molecule has 0 aliphatic carbocycles. The number of nitrogens with zero attached hydrogens (tertiary/aromatic N) is 3. The van der Waals surface area contributed by atoms with Crippen LogP contribution in [0.15, 0.2) is 30.5 Å². The van der Waals surface area contributed by atoms with Crippen LogP contribution in [0.4, 0.5) is 0 Å². The Hall–Kier alpha value is -1.74. The van der Waals surface area contributed by atoms with Crippen LogP contribution < -0.4 is 0 Å². The SMILES string of the molecule is O=C([C@@H](CO)c1ccccc1Cl)N1Cc2cn(S(=O)O)nc2C1. The van der Waals surface area contributed by atoms with Crippen LogP contribution >= 0.6 is 11.6 Å². The summed E-state index contributed by atoms with van der Waals surface area (Å²) in [5.74, 6) is -0.998. The maximum absolute atomic E-state index is 12.7. The molecule has 2 N–H and O–H groups in total. The van der Waals surface area contributed by atoms with Crippen molar-refractivity contribution in [3.8, 4) is 0 Å². The number of fused-ring (bicyclic) bond motifs is 1. The van der Waals surface area contributed by atoms with E-state index in [4.69, 9.17) is 16.2 Å². The normalized spacial score (nSPS) is 16.2. The number of amides is 1. The average Bonchev–Trinajstić information content (AvgIpc) is 3.08. The minimum Gasteiger partial charge on any atom is -0.395 e. The molecule has 0 saturated carbocycles. The Morgan fingerprint density at radius 2 is 2.13 bits per heavy atom. The first kappa shape index (κ1) is 16.1. The molecule has 0 fully saturated rings. The highest BCUT2D eigenvalue weighted by atomic mass is 35.5. The van der Waals surface area contributed by atoms with E-state index in [2.05, 4.69) is 5.10 Å². The van der Waals surface area contributed by atoms with E-state index in [-0.39, 0.29) is 25.6 Å². The van der Waals surface area contributed by atoms with Gasteiger partial charge < -0.3 is 10.0 Å². The molecule has 23 heavy (non-hydrogen) atoms. The molecule has 0 saturated heterocycles. The zero-order valence-corrected chi connectivity index (χ0v) is 13.5. The lowest BCUT2D eigenvalue weighted by atomic mass is 9.98. The average molecular weight is 356 g/mol. The number of aromatic nitrogens is 2. The van der Waals surface area contributed by atoms with Gasteiger partial charge in [-0.2, -0.15) is 9.19 Å². The molecule has 1 aromatic heterocycles. The van der Waals surface area contributed by atoms with Crippen molar-refractivity contribution >= 4 is 28.8 Å². The quantitative estimate of drug-likeness (QED) is 0.802. The summed E-state index contributed by atoms with van der Waals surface area (Å²) in [7, 11) is 0. The second-order valence-electron chi connectivity index (χ2n) is 5.19. The van der Waals surface area contributed by atoms with Gasteiger partial charge in [0.25, 0.3) is 11.3 Å². The van der Waals surface area contributed by atoms with Crippen molar-refractivity contribution in [1.29, 1.82) is 0 Å². The van der Waals surface area contributed by atoms with Gasteiger partial charge in [0.15, 0.2) is 0 Å². The van der Waals surface area contributed by atoms with Gasteiger partial charge in [0.2, 0.25) is 5.91 Å². The highest BCUT2D eigenvalue weighted by Gasteiger charge is 2.32. The molecule has 0 bridgehead atoms.